The quantitative estimate of drug-likeness (QED) is 0.694. The second-order valence-electron chi connectivity index (χ2n) is 3.27. The molecule has 1 aromatic rings. The van der Waals surface area contributed by atoms with Crippen molar-refractivity contribution in [3.8, 4) is 6.08 Å². The fraction of sp³-hybridized carbons (Fsp3) is 0.667. The largest absolute Gasteiger partial charge is 0.450 e. The zero-order valence-electron chi connectivity index (χ0n) is 7.83. The molecule has 0 saturated carbocycles. The van der Waals surface area contributed by atoms with Crippen LogP contribution in [0.15, 0.2) is 10.6 Å². The van der Waals surface area contributed by atoms with E-state index < -0.39 is 0 Å². The molecule has 0 aliphatic heterocycles. The van der Waals surface area contributed by atoms with E-state index in [9.17, 15) is 0 Å². The van der Waals surface area contributed by atoms with Crippen molar-refractivity contribution in [2.24, 2.45) is 5.92 Å². The smallest absolute Gasteiger partial charge is 0.393 e. The van der Waals surface area contributed by atoms with Crippen LogP contribution in [-0.4, -0.2) is 11.6 Å². The van der Waals surface area contributed by atoms with Crippen LogP contribution in [0.5, 0.6) is 6.08 Å². The number of aryl methyl sites for hydroxylation is 1. The molecule has 0 atom stereocenters. The minimum Gasteiger partial charge on any atom is -0.450 e. The SMILES string of the molecule is Cc1cnc(OCCC(C)C)o1. The molecule has 0 saturated heterocycles. The molecular formula is C9H15NO2. The van der Waals surface area contributed by atoms with E-state index in [1.165, 1.54) is 0 Å². The van der Waals surface area contributed by atoms with E-state index in [2.05, 4.69) is 18.8 Å². The van der Waals surface area contributed by atoms with Crippen LogP contribution in [-0.2, 0) is 0 Å². The van der Waals surface area contributed by atoms with E-state index in [4.69, 9.17) is 9.15 Å². The third-order valence-corrected chi connectivity index (χ3v) is 1.52. The predicted molar refractivity (Wildman–Crippen MR) is 46.2 cm³/mol. The molecule has 0 bridgehead atoms. The van der Waals surface area contributed by atoms with Crippen LogP contribution in [0.4, 0.5) is 0 Å². The number of ether oxygens (including phenoxy) is 1. The van der Waals surface area contributed by atoms with Gasteiger partial charge in [0.1, 0.15) is 5.76 Å². The van der Waals surface area contributed by atoms with Crippen molar-refractivity contribution in [2.45, 2.75) is 27.2 Å². The van der Waals surface area contributed by atoms with Crippen molar-refractivity contribution in [2.75, 3.05) is 6.61 Å². The van der Waals surface area contributed by atoms with Gasteiger partial charge < -0.3 is 9.15 Å². The van der Waals surface area contributed by atoms with Crippen LogP contribution in [0.3, 0.4) is 0 Å². The molecule has 12 heavy (non-hydrogen) atoms. The van der Waals surface area contributed by atoms with Gasteiger partial charge in [-0.05, 0) is 19.3 Å². The Labute approximate surface area is 72.7 Å². The normalized spacial score (nSPS) is 10.7. The Morgan fingerprint density at radius 2 is 2.33 bits per heavy atom. The lowest BCUT2D eigenvalue weighted by Crippen LogP contribution is -2.01. The van der Waals surface area contributed by atoms with Crippen molar-refractivity contribution < 1.29 is 9.15 Å². The lowest BCUT2D eigenvalue weighted by Gasteiger charge is -2.03. The Hall–Kier alpha value is -0.990. The van der Waals surface area contributed by atoms with Crippen LogP contribution in [0, 0.1) is 12.8 Å². The summed E-state index contributed by atoms with van der Waals surface area (Å²) in [5.41, 5.74) is 0. The van der Waals surface area contributed by atoms with Gasteiger partial charge in [0.2, 0.25) is 0 Å². The van der Waals surface area contributed by atoms with Gasteiger partial charge in [-0.3, -0.25) is 0 Å². The molecule has 0 fully saturated rings. The molecule has 0 spiro atoms. The van der Waals surface area contributed by atoms with E-state index in [1.807, 2.05) is 6.92 Å². The van der Waals surface area contributed by atoms with Gasteiger partial charge in [-0.1, -0.05) is 13.8 Å². The van der Waals surface area contributed by atoms with Crippen molar-refractivity contribution in [3.63, 3.8) is 0 Å². The Kier molecular flexibility index (Phi) is 3.14. The van der Waals surface area contributed by atoms with Crippen LogP contribution in [0.25, 0.3) is 0 Å². The molecular weight excluding hydrogens is 154 g/mol. The monoisotopic (exact) mass is 169 g/mol. The number of nitrogens with zero attached hydrogens (tertiary/aromatic N) is 1. The third kappa shape index (κ3) is 2.95. The van der Waals surface area contributed by atoms with Crippen LogP contribution < -0.4 is 4.74 Å². The molecule has 1 heterocycles. The molecule has 0 N–H and O–H groups in total. The highest BCUT2D eigenvalue weighted by molar-refractivity contribution is 4.94. The highest BCUT2D eigenvalue weighted by atomic mass is 16.6. The first kappa shape index (κ1) is 9.10. The number of hydrogen-bond acceptors (Lipinski definition) is 3. The van der Waals surface area contributed by atoms with Crippen LogP contribution >= 0.6 is 0 Å². The maximum absolute atomic E-state index is 5.26. The lowest BCUT2D eigenvalue weighted by molar-refractivity contribution is 0.213. The minimum atomic E-state index is 0.383. The first-order chi connectivity index (χ1) is 5.68. The Balaban J connectivity index is 2.24. The van der Waals surface area contributed by atoms with Crippen molar-refractivity contribution in [3.05, 3.63) is 12.0 Å². The van der Waals surface area contributed by atoms with Gasteiger partial charge in [-0.15, -0.1) is 0 Å². The molecule has 0 aliphatic rings. The summed E-state index contributed by atoms with van der Waals surface area (Å²) < 4.78 is 10.4. The summed E-state index contributed by atoms with van der Waals surface area (Å²) >= 11 is 0. The van der Waals surface area contributed by atoms with Crippen molar-refractivity contribution in [1.29, 1.82) is 0 Å². The van der Waals surface area contributed by atoms with Gasteiger partial charge in [0.05, 0.1) is 12.8 Å². The summed E-state index contributed by atoms with van der Waals surface area (Å²) in [6.07, 6.45) is 3.07. The molecule has 1 rings (SSSR count). The molecule has 0 aliphatic carbocycles. The third-order valence-electron chi connectivity index (χ3n) is 1.52. The summed E-state index contributed by atoms with van der Waals surface area (Å²) in [5.74, 6) is 1.44. The van der Waals surface area contributed by atoms with E-state index in [0.29, 0.717) is 18.6 Å². The van der Waals surface area contributed by atoms with E-state index in [0.717, 1.165) is 12.2 Å². The second-order valence-corrected chi connectivity index (χ2v) is 3.27. The molecule has 3 nitrogen and oxygen atoms in total. The Morgan fingerprint density at radius 3 is 2.83 bits per heavy atom. The van der Waals surface area contributed by atoms with Crippen molar-refractivity contribution in [1.82, 2.24) is 4.98 Å². The van der Waals surface area contributed by atoms with E-state index in [1.54, 1.807) is 6.20 Å². The molecule has 0 aromatic carbocycles. The maximum Gasteiger partial charge on any atom is 0.393 e. The van der Waals surface area contributed by atoms with Crippen LogP contribution in [0.2, 0.25) is 0 Å². The number of aromatic nitrogens is 1. The van der Waals surface area contributed by atoms with Gasteiger partial charge in [-0.25, -0.2) is 0 Å². The molecule has 0 unspecified atom stereocenters. The second kappa shape index (κ2) is 4.14. The number of oxazole rings is 1. The zero-order valence-corrected chi connectivity index (χ0v) is 7.83. The predicted octanol–water partition coefficient (Wildman–Crippen LogP) is 2.41. The van der Waals surface area contributed by atoms with Crippen molar-refractivity contribution >= 4 is 0 Å². The van der Waals surface area contributed by atoms with Crippen LogP contribution in [0.1, 0.15) is 26.0 Å². The van der Waals surface area contributed by atoms with Gasteiger partial charge in [0.15, 0.2) is 0 Å². The molecule has 3 heteroatoms. The summed E-state index contributed by atoms with van der Waals surface area (Å²) in [6.45, 7) is 6.84. The van der Waals surface area contributed by atoms with E-state index in [-0.39, 0.29) is 0 Å². The average Bonchev–Trinajstić information content (AvgIpc) is 2.35. The first-order valence-corrected chi connectivity index (χ1v) is 4.23. The Bertz CT molecular complexity index is 230. The van der Waals surface area contributed by atoms with Gasteiger partial charge in [-0.2, -0.15) is 4.98 Å². The molecule has 1 aromatic heterocycles. The lowest BCUT2D eigenvalue weighted by atomic mass is 10.1. The highest BCUT2D eigenvalue weighted by Crippen LogP contribution is 2.10. The van der Waals surface area contributed by atoms with Gasteiger partial charge in [0.25, 0.3) is 0 Å². The average molecular weight is 169 g/mol. The summed E-state index contributed by atoms with van der Waals surface area (Å²) in [7, 11) is 0. The van der Waals surface area contributed by atoms with E-state index >= 15 is 0 Å². The summed E-state index contributed by atoms with van der Waals surface area (Å²) in [5, 5.41) is 0. The fourth-order valence-corrected chi connectivity index (χ4v) is 0.783. The number of rotatable bonds is 4. The highest BCUT2D eigenvalue weighted by Gasteiger charge is 2.01. The zero-order chi connectivity index (χ0) is 8.97. The van der Waals surface area contributed by atoms with Gasteiger partial charge in [0, 0.05) is 0 Å². The number of hydrogen-bond donors (Lipinski definition) is 0. The summed E-state index contributed by atoms with van der Waals surface area (Å²) in [6, 6.07) is 0. The molecule has 0 radical (unpaired) electrons. The molecule has 68 valence electrons. The van der Waals surface area contributed by atoms with Gasteiger partial charge >= 0.3 is 6.08 Å². The standard InChI is InChI=1S/C9H15NO2/c1-7(2)4-5-11-9-10-6-8(3)12-9/h6-7H,4-5H2,1-3H3. The first-order valence-electron chi connectivity index (χ1n) is 4.23. The topological polar surface area (TPSA) is 35.3 Å². The summed E-state index contributed by atoms with van der Waals surface area (Å²) in [4.78, 5) is 3.92. The minimum absolute atomic E-state index is 0.383. The Morgan fingerprint density at radius 1 is 1.58 bits per heavy atom. The fourth-order valence-electron chi connectivity index (χ4n) is 0.783. The molecule has 0 amide bonds. The maximum atomic E-state index is 5.26.